The number of fused-ring (bicyclic) bond motifs is 1. The van der Waals surface area contributed by atoms with Crippen molar-refractivity contribution in [2.75, 3.05) is 47.1 Å². The normalized spacial score (nSPS) is 17.7. The molecule has 10 heteroatoms. The lowest BCUT2D eigenvalue weighted by atomic mass is 10.1. The van der Waals surface area contributed by atoms with Crippen LogP contribution in [0.2, 0.25) is 10.0 Å². The largest absolute Gasteiger partial charge is 0.484 e. The first kappa shape index (κ1) is 28.2. The lowest BCUT2D eigenvalue weighted by molar-refractivity contribution is 0.0502. The number of halogens is 2. The summed E-state index contributed by atoms with van der Waals surface area (Å²) >= 11 is 12.7. The molecular weight excluding hydrogens is 511 g/mol. The third-order valence-corrected chi connectivity index (χ3v) is 7.91. The average Bonchev–Trinajstić information content (AvgIpc) is 3.15. The van der Waals surface area contributed by atoms with Crippen molar-refractivity contribution in [1.29, 1.82) is 0 Å². The van der Waals surface area contributed by atoms with E-state index in [9.17, 15) is 8.42 Å². The van der Waals surface area contributed by atoms with Crippen LogP contribution in [0.3, 0.4) is 0 Å². The second-order valence-corrected chi connectivity index (χ2v) is 11.4. The van der Waals surface area contributed by atoms with Crippen LogP contribution in [-0.2, 0) is 25.9 Å². The summed E-state index contributed by atoms with van der Waals surface area (Å²) in [6, 6.07) is 8.58. The summed E-state index contributed by atoms with van der Waals surface area (Å²) in [5, 5.41) is 1.19. The van der Waals surface area contributed by atoms with Gasteiger partial charge in [0.1, 0.15) is 11.9 Å². The molecule has 2 aromatic rings. The molecule has 0 heterocycles. The maximum Gasteiger partial charge on any atom is 0.240 e. The van der Waals surface area contributed by atoms with E-state index in [2.05, 4.69) is 9.62 Å². The van der Waals surface area contributed by atoms with Crippen LogP contribution in [0.25, 0.3) is 0 Å². The van der Waals surface area contributed by atoms with Crippen molar-refractivity contribution in [3.8, 4) is 5.75 Å². The summed E-state index contributed by atoms with van der Waals surface area (Å²) in [4.78, 5) is 2.28. The van der Waals surface area contributed by atoms with Crippen molar-refractivity contribution in [2.45, 2.75) is 43.7 Å². The highest BCUT2D eigenvalue weighted by Crippen LogP contribution is 2.42. The molecule has 0 aliphatic heterocycles. The Bertz CT molecular complexity index is 1110. The van der Waals surface area contributed by atoms with E-state index in [1.165, 1.54) is 0 Å². The van der Waals surface area contributed by atoms with Crippen molar-refractivity contribution in [3.63, 3.8) is 0 Å². The third-order valence-electron chi connectivity index (χ3n) is 5.90. The first-order valence-corrected chi connectivity index (χ1v) is 13.9. The molecule has 0 spiro atoms. The topological polar surface area (TPSA) is 77.1 Å². The van der Waals surface area contributed by atoms with Crippen molar-refractivity contribution in [2.24, 2.45) is 0 Å². The number of sulfonamides is 1. The number of ether oxygens (including phenoxy) is 3. The van der Waals surface area contributed by atoms with Crippen LogP contribution in [0, 0.1) is 6.92 Å². The molecule has 1 aliphatic rings. The monoisotopic (exact) mass is 544 g/mol. The first-order valence-electron chi connectivity index (χ1n) is 11.7. The Morgan fingerprint density at radius 2 is 1.77 bits per heavy atom. The van der Waals surface area contributed by atoms with Gasteiger partial charge < -0.3 is 19.1 Å². The van der Waals surface area contributed by atoms with Crippen molar-refractivity contribution < 1.29 is 22.6 Å². The van der Waals surface area contributed by atoms with Crippen molar-refractivity contribution in [3.05, 3.63) is 57.1 Å². The standard InChI is InChI=1S/C25H34Cl2N2O5S/c1-5-9-32-11-12-33-10-8-28-35(30,31)19-6-7-24(17(2)13-19)34-25-21-14-18(26)15-22(27)20(21)16-23(25)29(3)4/h6-7,13-15,23,25,28H,5,8-12,16H2,1-4H3/t23-,25-/m0/s1. The van der Waals surface area contributed by atoms with Gasteiger partial charge in [0, 0.05) is 28.8 Å². The molecule has 7 nitrogen and oxygen atoms in total. The van der Waals surface area contributed by atoms with E-state index in [1.54, 1.807) is 24.3 Å². The molecule has 1 N–H and O–H groups in total. The first-order chi connectivity index (χ1) is 16.6. The van der Waals surface area contributed by atoms with E-state index >= 15 is 0 Å². The van der Waals surface area contributed by atoms with Gasteiger partial charge in [0.05, 0.1) is 30.8 Å². The molecule has 0 aromatic heterocycles. The third kappa shape index (κ3) is 7.32. The molecule has 0 saturated heterocycles. The van der Waals surface area contributed by atoms with E-state index in [0.717, 1.165) is 29.5 Å². The summed E-state index contributed by atoms with van der Waals surface area (Å²) in [5.74, 6) is 0.611. The Kier molecular flexibility index (Phi) is 10.2. The summed E-state index contributed by atoms with van der Waals surface area (Å²) in [6.07, 6.45) is 1.41. The molecule has 0 unspecified atom stereocenters. The van der Waals surface area contributed by atoms with Crippen molar-refractivity contribution >= 4 is 33.2 Å². The summed E-state index contributed by atoms with van der Waals surface area (Å²) in [7, 11) is 0.325. The number of rotatable bonds is 13. The minimum atomic E-state index is -3.67. The predicted octanol–water partition coefficient (Wildman–Crippen LogP) is 4.63. The fourth-order valence-corrected chi connectivity index (χ4v) is 5.75. The van der Waals surface area contributed by atoms with Gasteiger partial charge >= 0.3 is 0 Å². The molecule has 35 heavy (non-hydrogen) atoms. The Hall–Kier alpha value is -1.39. The van der Waals surface area contributed by atoms with Crippen LogP contribution in [-0.4, -0.2) is 66.4 Å². The lowest BCUT2D eigenvalue weighted by Gasteiger charge is -2.28. The van der Waals surface area contributed by atoms with Gasteiger partial charge in [-0.1, -0.05) is 30.1 Å². The summed E-state index contributed by atoms with van der Waals surface area (Å²) in [5.41, 5.74) is 2.70. The number of hydrogen-bond acceptors (Lipinski definition) is 6. The number of hydrogen-bond donors (Lipinski definition) is 1. The van der Waals surface area contributed by atoms with E-state index in [4.69, 9.17) is 37.4 Å². The van der Waals surface area contributed by atoms with Gasteiger partial charge in [-0.2, -0.15) is 0 Å². The Labute approximate surface area is 218 Å². The minimum Gasteiger partial charge on any atom is -0.484 e. The zero-order valence-electron chi connectivity index (χ0n) is 20.6. The second-order valence-electron chi connectivity index (χ2n) is 8.78. The number of nitrogens with zero attached hydrogens (tertiary/aromatic N) is 1. The molecule has 2 aromatic carbocycles. The van der Waals surface area contributed by atoms with E-state index in [-0.39, 0.29) is 30.2 Å². The maximum absolute atomic E-state index is 12.7. The maximum atomic E-state index is 12.7. The van der Waals surface area contributed by atoms with Crippen LogP contribution >= 0.6 is 23.2 Å². The van der Waals surface area contributed by atoms with Crippen LogP contribution < -0.4 is 9.46 Å². The fraction of sp³-hybridized carbons (Fsp3) is 0.520. The number of nitrogens with one attached hydrogen (secondary N) is 1. The Morgan fingerprint density at radius 3 is 2.43 bits per heavy atom. The van der Waals surface area contributed by atoms with Crippen LogP contribution in [0.15, 0.2) is 35.2 Å². The van der Waals surface area contributed by atoms with E-state index in [0.29, 0.717) is 35.6 Å². The number of likely N-dealkylation sites (N-methyl/N-ethyl adjacent to an activating group) is 1. The van der Waals surface area contributed by atoms with Gasteiger partial charge in [-0.25, -0.2) is 13.1 Å². The highest BCUT2D eigenvalue weighted by Gasteiger charge is 2.37. The second kappa shape index (κ2) is 12.7. The predicted molar refractivity (Wildman–Crippen MR) is 139 cm³/mol. The molecule has 0 amide bonds. The SMILES string of the molecule is CCCOCCOCCNS(=O)(=O)c1ccc(O[C@H]2c3cc(Cl)cc(Cl)c3C[C@@H]2N(C)C)c(C)c1. The quantitative estimate of drug-likeness (QED) is 0.370. The lowest BCUT2D eigenvalue weighted by Crippen LogP contribution is -2.34. The Balaban J connectivity index is 1.66. The highest BCUT2D eigenvalue weighted by atomic mass is 35.5. The van der Waals surface area contributed by atoms with Crippen LogP contribution in [0.5, 0.6) is 5.75 Å². The molecule has 0 radical (unpaired) electrons. The molecular formula is C25H34Cl2N2O5S. The molecule has 0 fully saturated rings. The fourth-order valence-electron chi connectivity index (χ4n) is 4.07. The molecule has 194 valence electrons. The van der Waals surface area contributed by atoms with Gasteiger partial charge in [-0.15, -0.1) is 0 Å². The van der Waals surface area contributed by atoms with Gasteiger partial charge in [0.25, 0.3) is 0 Å². The zero-order chi connectivity index (χ0) is 25.6. The molecule has 0 bridgehead atoms. The Morgan fingerprint density at radius 1 is 1.06 bits per heavy atom. The van der Waals surface area contributed by atoms with Crippen molar-refractivity contribution in [1.82, 2.24) is 9.62 Å². The zero-order valence-corrected chi connectivity index (χ0v) is 23.0. The summed E-state index contributed by atoms with van der Waals surface area (Å²) < 4.78 is 45.2. The number of aryl methyl sites for hydroxylation is 1. The van der Waals surface area contributed by atoms with Crippen LogP contribution in [0.4, 0.5) is 0 Å². The van der Waals surface area contributed by atoms with E-state index < -0.39 is 10.0 Å². The minimum absolute atomic E-state index is 0.0674. The van der Waals surface area contributed by atoms with Gasteiger partial charge in [0.15, 0.2) is 0 Å². The van der Waals surface area contributed by atoms with Gasteiger partial charge in [-0.05, 0) is 75.3 Å². The molecule has 3 rings (SSSR count). The highest BCUT2D eigenvalue weighted by molar-refractivity contribution is 7.89. The number of benzene rings is 2. The molecule has 2 atom stereocenters. The summed E-state index contributed by atoms with van der Waals surface area (Å²) in [6.45, 7) is 5.95. The smallest absolute Gasteiger partial charge is 0.240 e. The van der Waals surface area contributed by atoms with Gasteiger partial charge in [-0.3, -0.25) is 0 Å². The molecule has 1 aliphatic carbocycles. The van der Waals surface area contributed by atoms with Gasteiger partial charge in [0.2, 0.25) is 10.0 Å². The average molecular weight is 546 g/mol. The van der Waals surface area contributed by atoms with Crippen LogP contribution in [0.1, 0.15) is 36.1 Å². The molecule has 0 saturated carbocycles. The van der Waals surface area contributed by atoms with E-state index in [1.807, 2.05) is 34.0 Å².